The van der Waals surface area contributed by atoms with Gasteiger partial charge in [0, 0.05) is 25.0 Å². The lowest BCUT2D eigenvalue weighted by atomic mass is 10.1. The first kappa shape index (κ1) is 13.2. The van der Waals surface area contributed by atoms with Crippen LogP contribution in [0.15, 0.2) is 29.4 Å². The van der Waals surface area contributed by atoms with Gasteiger partial charge >= 0.3 is 0 Å². The van der Waals surface area contributed by atoms with Crippen molar-refractivity contribution in [1.29, 1.82) is 0 Å². The molecule has 1 N–H and O–H groups in total. The topological polar surface area (TPSA) is 55.6 Å². The maximum atomic E-state index is 4.26. The van der Waals surface area contributed by atoms with Crippen LogP contribution >= 0.6 is 15.9 Å². The van der Waals surface area contributed by atoms with Crippen LogP contribution in [0.4, 0.5) is 0 Å². The lowest BCUT2D eigenvalue weighted by molar-refractivity contribution is 0.549. The van der Waals surface area contributed by atoms with Crippen LogP contribution in [0.5, 0.6) is 0 Å². The fraction of sp³-hybridized carbons (Fsp3) is 0.417. The van der Waals surface area contributed by atoms with E-state index in [1.54, 1.807) is 12.5 Å². The zero-order chi connectivity index (χ0) is 13.0. The van der Waals surface area contributed by atoms with Crippen LogP contribution in [0.1, 0.15) is 30.6 Å². The molecule has 6 heteroatoms. The Kier molecular flexibility index (Phi) is 4.43. The van der Waals surface area contributed by atoms with Crippen molar-refractivity contribution in [2.45, 2.75) is 19.4 Å². The molecule has 0 aromatic carbocycles. The summed E-state index contributed by atoms with van der Waals surface area (Å²) in [5.41, 5.74) is 2.12. The van der Waals surface area contributed by atoms with E-state index in [-0.39, 0.29) is 6.04 Å². The molecule has 2 heterocycles. The third kappa shape index (κ3) is 2.76. The summed E-state index contributed by atoms with van der Waals surface area (Å²) in [7, 11) is 1.94. The van der Waals surface area contributed by atoms with Crippen LogP contribution in [0.3, 0.4) is 0 Å². The van der Waals surface area contributed by atoms with Gasteiger partial charge in [-0.3, -0.25) is 4.68 Å². The third-order valence-corrected chi connectivity index (χ3v) is 3.33. The molecule has 0 aliphatic rings. The van der Waals surface area contributed by atoms with Crippen molar-refractivity contribution >= 4 is 15.9 Å². The van der Waals surface area contributed by atoms with E-state index in [0.29, 0.717) is 0 Å². The number of rotatable bonds is 5. The average molecular weight is 310 g/mol. The van der Waals surface area contributed by atoms with E-state index in [1.807, 2.05) is 24.1 Å². The second-order valence-electron chi connectivity index (χ2n) is 4.06. The van der Waals surface area contributed by atoms with Crippen molar-refractivity contribution in [2.24, 2.45) is 7.05 Å². The Bertz CT molecular complexity index is 477. The lowest BCUT2D eigenvalue weighted by Crippen LogP contribution is -2.25. The van der Waals surface area contributed by atoms with Gasteiger partial charge in [0.1, 0.15) is 6.33 Å². The van der Waals surface area contributed by atoms with Crippen LogP contribution < -0.4 is 5.32 Å². The van der Waals surface area contributed by atoms with E-state index in [2.05, 4.69) is 43.2 Å². The van der Waals surface area contributed by atoms with Gasteiger partial charge in [0.2, 0.25) is 0 Å². The first-order chi connectivity index (χ1) is 8.74. The van der Waals surface area contributed by atoms with E-state index >= 15 is 0 Å². The number of nitrogens with zero attached hydrogens (tertiary/aromatic N) is 4. The fourth-order valence-electron chi connectivity index (χ4n) is 1.87. The number of aromatic nitrogens is 4. The van der Waals surface area contributed by atoms with Gasteiger partial charge in [-0.15, -0.1) is 0 Å². The molecule has 0 saturated carbocycles. The van der Waals surface area contributed by atoms with Crippen LogP contribution in [0.25, 0.3) is 0 Å². The maximum absolute atomic E-state index is 4.26. The largest absolute Gasteiger partial charge is 0.305 e. The van der Waals surface area contributed by atoms with Gasteiger partial charge in [0.25, 0.3) is 0 Å². The molecule has 2 aromatic heterocycles. The monoisotopic (exact) mass is 309 g/mol. The normalized spacial score (nSPS) is 12.6. The highest BCUT2D eigenvalue weighted by atomic mass is 79.9. The molecule has 1 atom stereocenters. The minimum atomic E-state index is 0.0491. The summed E-state index contributed by atoms with van der Waals surface area (Å²) >= 11 is 3.54. The van der Waals surface area contributed by atoms with Crippen molar-refractivity contribution in [3.63, 3.8) is 0 Å². The second-order valence-corrected chi connectivity index (χ2v) is 4.91. The van der Waals surface area contributed by atoms with Crippen LogP contribution in [0.2, 0.25) is 0 Å². The van der Waals surface area contributed by atoms with Crippen molar-refractivity contribution in [2.75, 3.05) is 6.54 Å². The molecule has 2 rings (SSSR count). The maximum Gasteiger partial charge on any atom is 0.115 e. The summed E-state index contributed by atoms with van der Waals surface area (Å²) in [6, 6.07) is 0.0491. The number of aryl methyl sites for hydroxylation is 1. The fourth-order valence-corrected chi connectivity index (χ4v) is 2.44. The highest BCUT2D eigenvalue weighted by molar-refractivity contribution is 9.10. The molecule has 2 aromatic rings. The Morgan fingerprint density at radius 2 is 2.06 bits per heavy atom. The van der Waals surface area contributed by atoms with E-state index < -0.39 is 0 Å². The van der Waals surface area contributed by atoms with Crippen LogP contribution in [-0.2, 0) is 7.05 Å². The molecule has 0 bridgehead atoms. The smallest absolute Gasteiger partial charge is 0.115 e. The molecule has 0 amide bonds. The molecule has 5 nitrogen and oxygen atoms in total. The molecule has 0 aliphatic heterocycles. The lowest BCUT2D eigenvalue weighted by Gasteiger charge is -2.19. The van der Waals surface area contributed by atoms with Crippen molar-refractivity contribution in [3.8, 4) is 0 Å². The number of hydrogen-bond donors (Lipinski definition) is 1. The SMILES string of the molecule is CCCNC(c1cncnc1)c1c(Br)cnn1C. The molecule has 0 spiro atoms. The van der Waals surface area contributed by atoms with Crippen molar-refractivity contribution < 1.29 is 0 Å². The summed E-state index contributed by atoms with van der Waals surface area (Å²) in [6.45, 7) is 3.07. The Balaban J connectivity index is 2.37. The zero-order valence-corrected chi connectivity index (χ0v) is 12.1. The van der Waals surface area contributed by atoms with Crippen molar-refractivity contribution in [1.82, 2.24) is 25.1 Å². The van der Waals surface area contributed by atoms with Gasteiger partial charge in [-0.1, -0.05) is 6.92 Å². The predicted molar refractivity (Wildman–Crippen MR) is 73.1 cm³/mol. The van der Waals surface area contributed by atoms with Gasteiger partial charge in [0.05, 0.1) is 22.4 Å². The summed E-state index contributed by atoms with van der Waals surface area (Å²) in [5, 5.41) is 7.76. The summed E-state index contributed by atoms with van der Waals surface area (Å²) in [4.78, 5) is 8.17. The molecule has 96 valence electrons. The number of hydrogen-bond acceptors (Lipinski definition) is 4. The first-order valence-electron chi connectivity index (χ1n) is 5.89. The third-order valence-electron chi connectivity index (χ3n) is 2.72. The van der Waals surface area contributed by atoms with Gasteiger partial charge in [-0.25, -0.2) is 9.97 Å². The summed E-state index contributed by atoms with van der Waals surface area (Å²) in [6.07, 6.45) is 8.08. The molecule has 1 unspecified atom stereocenters. The Labute approximate surface area is 115 Å². The highest BCUT2D eigenvalue weighted by Gasteiger charge is 2.20. The van der Waals surface area contributed by atoms with E-state index in [0.717, 1.165) is 28.7 Å². The standard InChI is InChI=1S/C12H16BrN5/c1-3-4-16-11(9-5-14-8-15-6-9)12-10(13)7-17-18(12)2/h5-8,11,16H,3-4H2,1-2H3. The van der Waals surface area contributed by atoms with Crippen LogP contribution in [-0.4, -0.2) is 26.3 Å². The van der Waals surface area contributed by atoms with Crippen LogP contribution in [0, 0.1) is 0 Å². The summed E-state index contributed by atoms with van der Waals surface area (Å²) < 4.78 is 2.85. The van der Waals surface area contributed by atoms with Crippen molar-refractivity contribution in [3.05, 3.63) is 40.6 Å². The minimum Gasteiger partial charge on any atom is -0.305 e. The molecule has 0 radical (unpaired) electrons. The van der Waals surface area contributed by atoms with E-state index in [4.69, 9.17) is 0 Å². The quantitative estimate of drug-likeness (QED) is 0.918. The second kappa shape index (κ2) is 6.06. The Morgan fingerprint density at radius 3 is 2.61 bits per heavy atom. The first-order valence-corrected chi connectivity index (χ1v) is 6.69. The number of halogens is 1. The predicted octanol–water partition coefficient (Wildman–Crippen LogP) is 2.06. The zero-order valence-electron chi connectivity index (χ0n) is 10.5. The molecule has 0 fully saturated rings. The van der Waals surface area contributed by atoms with E-state index in [1.165, 1.54) is 0 Å². The molecular formula is C12H16BrN5. The molecule has 0 saturated heterocycles. The number of nitrogens with one attached hydrogen (secondary N) is 1. The average Bonchev–Trinajstić information content (AvgIpc) is 2.72. The van der Waals surface area contributed by atoms with Gasteiger partial charge < -0.3 is 5.32 Å². The molecule has 0 aliphatic carbocycles. The molecular weight excluding hydrogens is 294 g/mol. The highest BCUT2D eigenvalue weighted by Crippen LogP contribution is 2.27. The summed E-state index contributed by atoms with van der Waals surface area (Å²) in [5.74, 6) is 0. The van der Waals surface area contributed by atoms with E-state index in [9.17, 15) is 0 Å². The molecule has 18 heavy (non-hydrogen) atoms. The van der Waals surface area contributed by atoms with Gasteiger partial charge in [-0.05, 0) is 28.9 Å². The van der Waals surface area contributed by atoms with Gasteiger partial charge in [-0.2, -0.15) is 5.10 Å². The Morgan fingerprint density at radius 1 is 1.33 bits per heavy atom. The Hall–Kier alpha value is -1.27. The minimum absolute atomic E-state index is 0.0491. The van der Waals surface area contributed by atoms with Gasteiger partial charge in [0.15, 0.2) is 0 Å².